The lowest BCUT2D eigenvalue weighted by Crippen LogP contribution is -2.42. The third kappa shape index (κ3) is 2.89. The first-order valence-electron chi connectivity index (χ1n) is 6.88. The largest absolute Gasteiger partial charge is 0.325 e. The molecule has 2 N–H and O–H groups in total. The molecule has 0 bridgehead atoms. The molecule has 3 nitrogen and oxygen atoms in total. The summed E-state index contributed by atoms with van der Waals surface area (Å²) in [7, 11) is 1.96. The second-order valence-corrected chi connectivity index (χ2v) is 6.42. The number of hydrogen-bond donors (Lipinski definition) is 1. The Hall–Kier alpha value is -0.540. The van der Waals surface area contributed by atoms with E-state index in [2.05, 4.69) is 12.0 Å². The molecule has 0 radical (unpaired) electrons. The van der Waals surface area contributed by atoms with Crippen LogP contribution >= 0.6 is 11.6 Å². The molecule has 1 aliphatic carbocycles. The van der Waals surface area contributed by atoms with Gasteiger partial charge in [0.15, 0.2) is 0 Å². The molecule has 0 spiro atoms. The van der Waals surface area contributed by atoms with Crippen LogP contribution in [0.3, 0.4) is 0 Å². The molecule has 1 fully saturated rings. The summed E-state index contributed by atoms with van der Waals surface area (Å²) in [6.07, 6.45) is 6.79. The van der Waals surface area contributed by atoms with Gasteiger partial charge in [-0.2, -0.15) is 5.10 Å². The Bertz CT molecular complexity index is 427. The second kappa shape index (κ2) is 5.22. The standard InChI is InChI=1S/C14H24ClN3/c1-10-5-4-7-14(16,8-6-10)9-12-13(15)11(2)17-18(12)3/h10H,4-9,16H2,1-3H3. The maximum Gasteiger partial charge on any atom is 0.0847 e. The van der Waals surface area contributed by atoms with Gasteiger partial charge < -0.3 is 5.73 Å². The number of hydrogen-bond acceptors (Lipinski definition) is 2. The lowest BCUT2D eigenvalue weighted by atomic mass is 9.86. The predicted octanol–water partition coefficient (Wildman–Crippen LogP) is 3.22. The second-order valence-electron chi connectivity index (χ2n) is 6.04. The van der Waals surface area contributed by atoms with Crippen molar-refractivity contribution in [3.8, 4) is 0 Å². The van der Waals surface area contributed by atoms with Crippen molar-refractivity contribution in [3.05, 3.63) is 16.4 Å². The van der Waals surface area contributed by atoms with Crippen molar-refractivity contribution in [2.45, 2.75) is 57.9 Å². The fourth-order valence-corrected chi connectivity index (χ4v) is 3.22. The summed E-state index contributed by atoms with van der Waals surface area (Å²) >= 11 is 6.33. The smallest absolute Gasteiger partial charge is 0.0847 e. The zero-order chi connectivity index (χ0) is 13.3. The minimum atomic E-state index is -0.103. The van der Waals surface area contributed by atoms with Crippen LogP contribution in [0.15, 0.2) is 0 Å². The van der Waals surface area contributed by atoms with Crippen LogP contribution in [-0.2, 0) is 13.5 Å². The van der Waals surface area contributed by atoms with Gasteiger partial charge in [-0.3, -0.25) is 4.68 Å². The molecule has 102 valence electrons. The van der Waals surface area contributed by atoms with E-state index in [-0.39, 0.29) is 5.54 Å². The molecule has 2 rings (SSSR count). The van der Waals surface area contributed by atoms with E-state index in [1.165, 1.54) is 19.3 Å². The van der Waals surface area contributed by atoms with E-state index in [1.54, 1.807) is 0 Å². The maximum absolute atomic E-state index is 6.60. The first kappa shape index (κ1) is 13.9. The van der Waals surface area contributed by atoms with Crippen molar-refractivity contribution in [1.82, 2.24) is 9.78 Å². The highest BCUT2D eigenvalue weighted by atomic mass is 35.5. The molecular formula is C14H24ClN3. The summed E-state index contributed by atoms with van der Waals surface area (Å²) in [4.78, 5) is 0. The molecule has 18 heavy (non-hydrogen) atoms. The monoisotopic (exact) mass is 269 g/mol. The molecule has 1 saturated carbocycles. The summed E-state index contributed by atoms with van der Waals surface area (Å²) in [6, 6.07) is 0. The van der Waals surface area contributed by atoms with Crippen LogP contribution in [0.25, 0.3) is 0 Å². The van der Waals surface area contributed by atoms with Crippen molar-refractivity contribution in [2.75, 3.05) is 0 Å². The van der Waals surface area contributed by atoms with Crippen molar-refractivity contribution < 1.29 is 0 Å². The van der Waals surface area contributed by atoms with Crippen molar-refractivity contribution in [1.29, 1.82) is 0 Å². The van der Waals surface area contributed by atoms with Gasteiger partial charge in [0, 0.05) is 19.0 Å². The minimum Gasteiger partial charge on any atom is -0.325 e. The number of aromatic nitrogens is 2. The van der Waals surface area contributed by atoms with Gasteiger partial charge >= 0.3 is 0 Å². The molecule has 1 aromatic rings. The number of nitrogens with two attached hydrogens (primary N) is 1. The van der Waals surface area contributed by atoms with Gasteiger partial charge in [0.25, 0.3) is 0 Å². The average molecular weight is 270 g/mol. The molecule has 0 saturated heterocycles. The van der Waals surface area contributed by atoms with Crippen LogP contribution in [0.4, 0.5) is 0 Å². The Balaban J connectivity index is 2.16. The topological polar surface area (TPSA) is 43.8 Å². The van der Waals surface area contributed by atoms with Crippen LogP contribution in [-0.4, -0.2) is 15.3 Å². The SMILES string of the molecule is Cc1nn(C)c(CC2(N)CCCC(C)CC2)c1Cl. The van der Waals surface area contributed by atoms with Crippen molar-refractivity contribution in [3.63, 3.8) is 0 Å². The van der Waals surface area contributed by atoms with E-state index in [4.69, 9.17) is 17.3 Å². The third-order valence-electron chi connectivity index (χ3n) is 4.29. The lowest BCUT2D eigenvalue weighted by molar-refractivity contribution is 0.355. The van der Waals surface area contributed by atoms with E-state index < -0.39 is 0 Å². The fourth-order valence-electron chi connectivity index (χ4n) is 2.99. The Kier molecular flexibility index (Phi) is 4.02. The highest BCUT2D eigenvalue weighted by Crippen LogP contribution is 2.33. The van der Waals surface area contributed by atoms with Gasteiger partial charge in [0.05, 0.1) is 16.4 Å². The van der Waals surface area contributed by atoms with Gasteiger partial charge in [-0.1, -0.05) is 31.4 Å². The summed E-state index contributed by atoms with van der Waals surface area (Å²) in [5.41, 5.74) is 8.49. The molecule has 0 aliphatic heterocycles. The van der Waals surface area contributed by atoms with E-state index in [0.717, 1.165) is 41.6 Å². The van der Waals surface area contributed by atoms with Gasteiger partial charge in [0.1, 0.15) is 0 Å². The Labute approximate surface area is 115 Å². The zero-order valence-electron chi connectivity index (χ0n) is 11.7. The minimum absolute atomic E-state index is 0.103. The van der Waals surface area contributed by atoms with Crippen LogP contribution in [0.1, 0.15) is 50.4 Å². The molecule has 0 aromatic carbocycles. The summed E-state index contributed by atoms with van der Waals surface area (Å²) in [6.45, 7) is 4.27. The van der Waals surface area contributed by atoms with Gasteiger partial charge in [-0.25, -0.2) is 0 Å². The van der Waals surface area contributed by atoms with Gasteiger partial charge in [-0.15, -0.1) is 0 Å². The van der Waals surface area contributed by atoms with E-state index >= 15 is 0 Å². The van der Waals surface area contributed by atoms with E-state index in [9.17, 15) is 0 Å². The highest BCUT2D eigenvalue weighted by Gasteiger charge is 2.30. The van der Waals surface area contributed by atoms with Crippen LogP contribution in [0.2, 0.25) is 5.02 Å². The van der Waals surface area contributed by atoms with Crippen molar-refractivity contribution in [2.24, 2.45) is 18.7 Å². The fraction of sp³-hybridized carbons (Fsp3) is 0.786. The van der Waals surface area contributed by atoms with Gasteiger partial charge in [-0.05, 0) is 32.1 Å². The Morgan fingerprint density at radius 2 is 2.17 bits per heavy atom. The van der Waals surface area contributed by atoms with E-state index in [1.807, 2.05) is 18.7 Å². The van der Waals surface area contributed by atoms with Crippen LogP contribution in [0, 0.1) is 12.8 Å². The highest BCUT2D eigenvalue weighted by molar-refractivity contribution is 6.31. The quantitative estimate of drug-likeness (QED) is 0.838. The molecule has 4 heteroatoms. The summed E-state index contributed by atoms with van der Waals surface area (Å²) in [5, 5.41) is 5.17. The first-order valence-corrected chi connectivity index (χ1v) is 7.26. The van der Waals surface area contributed by atoms with Crippen LogP contribution < -0.4 is 5.73 Å². The number of aryl methyl sites for hydroxylation is 2. The number of nitrogens with zero attached hydrogens (tertiary/aromatic N) is 2. The molecule has 2 unspecified atom stereocenters. The zero-order valence-corrected chi connectivity index (χ0v) is 12.4. The predicted molar refractivity (Wildman–Crippen MR) is 75.8 cm³/mol. The molecule has 1 aliphatic rings. The third-order valence-corrected chi connectivity index (χ3v) is 4.78. The molecule has 2 atom stereocenters. The molecular weight excluding hydrogens is 246 g/mol. The summed E-state index contributed by atoms with van der Waals surface area (Å²) < 4.78 is 1.89. The van der Waals surface area contributed by atoms with Gasteiger partial charge in [0.2, 0.25) is 0 Å². The van der Waals surface area contributed by atoms with Crippen molar-refractivity contribution >= 4 is 11.6 Å². The molecule has 1 heterocycles. The number of rotatable bonds is 2. The molecule has 0 amide bonds. The first-order chi connectivity index (χ1) is 8.41. The lowest BCUT2D eigenvalue weighted by Gasteiger charge is -2.28. The van der Waals surface area contributed by atoms with E-state index in [0.29, 0.717) is 0 Å². The van der Waals surface area contributed by atoms with Crippen LogP contribution in [0.5, 0.6) is 0 Å². The summed E-state index contributed by atoms with van der Waals surface area (Å²) in [5.74, 6) is 0.805. The molecule has 1 aromatic heterocycles. The maximum atomic E-state index is 6.60. The average Bonchev–Trinajstić information content (AvgIpc) is 2.48. The Morgan fingerprint density at radius 1 is 1.44 bits per heavy atom. The Morgan fingerprint density at radius 3 is 2.78 bits per heavy atom. The normalized spacial score (nSPS) is 29.3. The number of halogens is 1.